The molecule has 2 aromatic rings. The second-order valence-corrected chi connectivity index (χ2v) is 8.13. The molecule has 0 aliphatic carbocycles. The molecule has 3 rings (SSSR count). The number of imidazole rings is 1. The second kappa shape index (κ2) is 8.11. The lowest BCUT2D eigenvalue weighted by molar-refractivity contribution is -0.0106. The summed E-state index contributed by atoms with van der Waals surface area (Å²) in [5.74, 6) is 0.325. The number of carbonyl (C=O) groups is 1. The van der Waals surface area contributed by atoms with Gasteiger partial charge in [-0.3, -0.25) is 0 Å². The number of aryl methyl sites for hydroxylation is 1. The van der Waals surface area contributed by atoms with Gasteiger partial charge in [0.1, 0.15) is 23.5 Å². The number of ether oxygens (including phenoxy) is 2. The first-order valence-electron chi connectivity index (χ1n) is 9.47. The molecule has 29 heavy (non-hydrogen) atoms. The number of piperidine rings is 1. The molecule has 1 aliphatic rings. The summed E-state index contributed by atoms with van der Waals surface area (Å²) < 4.78 is 27.6. The van der Waals surface area contributed by atoms with Gasteiger partial charge in [-0.1, -0.05) is 0 Å². The SMILES string of the molecule is Cn1cnc(-c2ccc(O[C@@H]3CCN(C(=O)OC(C)(C)C)C[C@@H]3F)c(C#N)c2)c1. The van der Waals surface area contributed by atoms with Crippen molar-refractivity contribution in [3.05, 3.63) is 36.3 Å². The van der Waals surface area contributed by atoms with Crippen LogP contribution in [0.15, 0.2) is 30.7 Å². The zero-order chi connectivity index (χ0) is 21.2. The zero-order valence-electron chi connectivity index (χ0n) is 17.1. The summed E-state index contributed by atoms with van der Waals surface area (Å²) in [6.45, 7) is 5.53. The smallest absolute Gasteiger partial charge is 0.410 e. The zero-order valence-corrected chi connectivity index (χ0v) is 17.1. The van der Waals surface area contributed by atoms with E-state index in [0.29, 0.717) is 24.3 Å². The maximum atomic E-state index is 14.7. The molecule has 0 bridgehead atoms. The number of carbonyl (C=O) groups excluding carboxylic acids is 1. The maximum absolute atomic E-state index is 14.7. The van der Waals surface area contributed by atoms with Gasteiger partial charge in [0.15, 0.2) is 6.17 Å². The third kappa shape index (κ3) is 5.05. The van der Waals surface area contributed by atoms with E-state index in [-0.39, 0.29) is 6.54 Å². The molecular formula is C21H25FN4O3. The minimum absolute atomic E-state index is 0.104. The first-order valence-corrected chi connectivity index (χ1v) is 9.47. The van der Waals surface area contributed by atoms with E-state index >= 15 is 0 Å². The van der Waals surface area contributed by atoms with Gasteiger partial charge in [0.25, 0.3) is 0 Å². The summed E-state index contributed by atoms with van der Waals surface area (Å²) in [6.07, 6.45) is 1.20. The van der Waals surface area contributed by atoms with Crippen molar-refractivity contribution >= 4 is 6.09 Å². The van der Waals surface area contributed by atoms with Crippen LogP contribution < -0.4 is 4.74 Å². The number of benzene rings is 1. The van der Waals surface area contributed by atoms with Gasteiger partial charge in [-0.05, 0) is 39.0 Å². The normalized spacial score (nSPS) is 19.5. The summed E-state index contributed by atoms with van der Waals surface area (Å²) in [7, 11) is 1.87. The minimum atomic E-state index is -1.38. The van der Waals surface area contributed by atoms with Gasteiger partial charge >= 0.3 is 6.09 Å². The molecule has 1 saturated heterocycles. The molecule has 0 saturated carbocycles. The molecule has 1 fully saturated rings. The standard InChI is InChI=1S/C21H25FN4O3/c1-21(2,3)29-20(27)26-8-7-19(16(22)11-26)28-18-6-5-14(9-15(18)10-23)17-12-25(4)13-24-17/h5-6,9,12-13,16,19H,7-8,11H2,1-4H3/t16-,19+/m0/s1. The van der Waals surface area contributed by atoms with Gasteiger partial charge in [-0.15, -0.1) is 0 Å². The van der Waals surface area contributed by atoms with Crippen LogP contribution in [-0.4, -0.2) is 51.5 Å². The second-order valence-electron chi connectivity index (χ2n) is 8.13. The summed E-state index contributed by atoms with van der Waals surface area (Å²) >= 11 is 0. The summed E-state index contributed by atoms with van der Waals surface area (Å²) in [6, 6.07) is 7.24. The number of nitriles is 1. The average molecular weight is 400 g/mol. The van der Waals surface area contributed by atoms with E-state index in [1.807, 2.05) is 17.8 Å². The quantitative estimate of drug-likeness (QED) is 0.785. The van der Waals surface area contributed by atoms with Crippen molar-refractivity contribution in [1.29, 1.82) is 5.26 Å². The topological polar surface area (TPSA) is 80.4 Å². The number of hydrogen-bond donors (Lipinski definition) is 0. The van der Waals surface area contributed by atoms with E-state index in [2.05, 4.69) is 11.1 Å². The van der Waals surface area contributed by atoms with Gasteiger partial charge in [0, 0.05) is 31.8 Å². The number of halogens is 1. The Labute approximate surface area is 169 Å². The van der Waals surface area contributed by atoms with Crippen molar-refractivity contribution in [2.45, 2.75) is 45.1 Å². The fraction of sp³-hybridized carbons (Fsp3) is 0.476. The maximum Gasteiger partial charge on any atom is 0.410 e. The third-order valence-corrected chi connectivity index (χ3v) is 4.51. The first kappa shape index (κ1) is 20.6. The fourth-order valence-electron chi connectivity index (χ4n) is 3.11. The van der Waals surface area contributed by atoms with Crippen molar-refractivity contribution in [2.75, 3.05) is 13.1 Å². The first-order chi connectivity index (χ1) is 13.7. The van der Waals surface area contributed by atoms with E-state index in [4.69, 9.17) is 9.47 Å². The monoisotopic (exact) mass is 400 g/mol. The van der Waals surface area contributed by atoms with E-state index in [1.165, 1.54) is 4.90 Å². The molecule has 0 radical (unpaired) electrons. The van der Waals surface area contributed by atoms with E-state index in [0.717, 1.165) is 11.3 Å². The predicted octanol–water partition coefficient (Wildman–Crippen LogP) is 3.69. The molecule has 154 valence electrons. The summed E-state index contributed by atoms with van der Waals surface area (Å²) in [5, 5.41) is 9.49. The highest BCUT2D eigenvalue weighted by molar-refractivity contribution is 5.68. The molecule has 1 aliphatic heterocycles. The highest BCUT2D eigenvalue weighted by Gasteiger charge is 2.35. The number of amides is 1. The molecule has 1 aromatic heterocycles. The Morgan fingerprint density at radius 3 is 2.72 bits per heavy atom. The lowest BCUT2D eigenvalue weighted by Crippen LogP contribution is -2.50. The largest absolute Gasteiger partial charge is 0.486 e. The van der Waals surface area contributed by atoms with Crippen molar-refractivity contribution < 1.29 is 18.7 Å². The van der Waals surface area contributed by atoms with Crippen molar-refractivity contribution in [1.82, 2.24) is 14.5 Å². The van der Waals surface area contributed by atoms with Crippen LogP contribution >= 0.6 is 0 Å². The number of rotatable bonds is 3. The molecule has 0 unspecified atom stereocenters. The number of hydrogen-bond acceptors (Lipinski definition) is 5. The lowest BCUT2D eigenvalue weighted by atomic mass is 10.0. The molecule has 2 atom stereocenters. The van der Waals surface area contributed by atoms with E-state index in [9.17, 15) is 14.4 Å². The fourth-order valence-corrected chi connectivity index (χ4v) is 3.11. The Balaban J connectivity index is 1.68. The molecule has 2 heterocycles. The van der Waals surface area contributed by atoms with Crippen LogP contribution in [0.4, 0.5) is 9.18 Å². The van der Waals surface area contributed by atoms with Crippen LogP contribution in [0.3, 0.4) is 0 Å². The average Bonchev–Trinajstić information content (AvgIpc) is 3.08. The Hall–Kier alpha value is -3.08. The van der Waals surface area contributed by atoms with Crippen molar-refractivity contribution in [3.8, 4) is 23.1 Å². The number of likely N-dealkylation sites (tertiary alicyclic amines) is 1. The Morgan fingerprint density at radius 2 is 2.14 bits per heavy atom. The summed E-state index contributed by atoms with van der Waals surface area (Å²) in [5.41, 5.74) is 1.21. The number of alkyl halides is 1. The molecule has 1 aromatic carbocycles. The van der Waals surface area contributed by atoms with Crippen LogP contribution in [0.25, 0.3) is 11.3 Å². The lowest BCUT2D eigenvalue weighted by Gasteiger charge is -2.35. The van der Waals surface area contributed by atoms with Gasteiger partial charge in [0.05, 0.1) is 24.1 Å². The summed E-state index contributed by atoms with van der Waals surface area (Å²) in [4.78, 5) is 17.8. The molecule has 1 amide bonds. The van der Waals surface area contributed by atoms with Crippen LogP contribution in [0.5, 0.6) is 5.75 Å². The van der Waals surface area contributed by atoms with Crippen LogP contribution in [0.2, 0.25) is 0 Å². The minimum Gasteiger partial charge on any atom is -0.486 e. The van der Waals surface area contributed by atoms with Gasteiger partial charge < -0.3 is 18.9 Å². The highest BCUT2D eigenvalue weighted by atomic mass is 19.1. The Bertz CT molecular complexity index is 929. The molecule has 8 heteroatoms. The van der Waals surface area contributed by atoms with Gasteiger partial charge in [0.2, 0.25) is 0 Å². The van der Waals surface area contributed by atoms with Crippen LogP contribution in [0.1, 0.15) is 32.8 Å². The van der Waals surface area contributed by atoms with E-state index in [1.54, 1.807) is 45.3 Å². The molecule has 0 N–H and O–H groups in total. The molecule has 7 nitrogen and oxygen atoms in total. The Kier molecular flexibility index (Phi) is 5.78. The van der Waals surface area contributed by atoms with Crippen molar-refractivity contribution in [2.24, 2.45) is 7.05 Å². The van der Waals surface area contributed by atoms with E-state index < -0.39 is 24.0 Å². The molecular weight excluding hydrogens is 375 g/mol. The highest BCUT2D eigenvalue weighted by Crippen LogP contribution is 2.29. The van der Waals surface area contributed by atoms with Gasteiger partial charge in [-0.2, -0.15) is 5.26 Å². The number of aromatic nitrogens is 2. The van der Waals surface area contributed by atoms with Crippen LogP contribution in [-0.2, 0) is 11.8 Å². The van der Waals surface area contributed by atoms with Crippen LogP contribution in [0, 0.1) is 11.3 Å². The molecule has 0 spiro atoms. The predicted molar refractivity (Wildman–Crippen MR) is 105 cm³/mol. The third-order valence-electron chi connectivity index (χ3n) is 4.51. The van der Waals surface area contributed by atoms with Gasteiger partial charge in [-0.25, -0.2) is 14.2 Å². The Morgan fingerprint density at radius 1 is 1.38 bits per heavy atom. The van der Waals surface area contributed by atoms with Crippen molar-refractivity contribution in [3.63, 3.8) is 0 Å². The number of nitrogens with zero attached hydrogens (tertiary/aromatic N) is 4.